The maximum absolute atomic E-state index is 5.97. The zero-order valence-corrected chi connectivity index (χ0v) is 8.80. The lowest BCUT2D eigenvalue weighted by Crippen LogP contribution is -2.29. The number of hydrogen-bond acceptors (Lipinski definition) is 2. The van der Waals surface area contributed by atoms with Gasteiger partial charge in [0.15, 0.2) is 0 Å². The predicted octanol–water partition coefficient (Wildman–Crippen LogP) is 2.32. The summed E-state index contributed by atoms with van der Waals surface area (Å²) in [4.78, 5) is 0. The second-order valence-corrected chi connectivity index (χ2v) is 4.16. The highest BCUT2D eigenvalue weighted by Crippen LogP contribution is 2.26. The lowest BCUT2D eigenvalue weighted by molar-refractivity contribution is 0.122. The van der Waals surface area contributed by atoms with Crippen molar-refractivity contribution >= 4 is 0 Å². The quantitative estimate of drug-likeness (QED) is 0.713. The summed E-state index contributed by atoms with van der Waals surface area (Å²) in [5, 5.41) is 0. The standard InChI is InChI=1S/C11H23NO/c1-2-13-9-11(12)8-10-6-4-3-5-7-10/h10-11H,2-9,12H2,1H3/t11-/m0/s1. The Bertz CT molecular complexity index is 121. The molecule has 1 aliphatic rings. The molecule has 0 saturated heterocycles. The molecule has 1 rings (SSSR count). The van der Waals surface area contributed by atoms with E-state index in [-0.39, 0.29) is 6.04 Å². The van der Waals surface area contributed by atoms with Gasteiger partial charge in [0, 0.05) is 12.6 Å². The van der Waals surface area contributed by atoms with Crippen LogP contribution in [-0.4, -0.2) is 19.3 Å². The Kier molecular flexibility index (Phi) is 5.40. The number of hydrogen-bond donors (Lipinski definition) is 1. The first-order valence-electron chi connectivity index (χ1n) is 5.66. The molecule has 1 aliphatic carbocycles. The smallest absolute Gasteiger partial charge is 0.0617 e. The van der Waals surface area contributed by atoms with E-state index in [1.165, 1.54) is 38.5 Å². The van der Waals surface area contributed by atoms with Gasteiger partial charge in [-0.15, -0.1) is 0 Å². The molecule has 0 aliphatic heterocycles. The Balaban J connectivity index is 2.07. The van der Waals surface area contributed by atoms with Gasteiger partial charge in [-0.2, -0.15) is 0 Å². The molecule has 0 aromatic rings. The van der Waals surface area contributed by atoms with Crippen molar-refractivity contribution in [2.24, 2.45) is 11.7 Å². The van der Waals surface area contributed by atoms with Crippen molar-refractivity contribution in [3.8, 4) is 0 Å². The maximum atomic E-state index is 5.97. The van der Waals surface area contributed by atoms with Gasteiger partial charge < -0.3 is 10.5 Å². The van der Waals surface area contributed by atoms with Crippen LogP contribution in [0.5, 0.6) is 0 Å². The molecule has 2 N–H and O–H groups in total. The summed E-state index contributed by atoms with van der Waals surface area (Å²) < 4.78 is 5.31. The number of nitrogens with two attached hydrogens (primary N) is 1. The van der Waals surface area contributed by atoms with E-state index >= 15 is 0 Å². The lowest BCUT2D eigenvalue weighted by Gasteiger charge is -2.24. The SMILES string of the molecule is CCOC[C@@H](N)CC1CCCCC1. The summed E-state index contributed by atoms with van der Waals surface area (Å²) in [5.74, 6) is 0.879. The van der Waals surface area contributed by atoms with Gasteiger partial charge in [0.05, 0.1) is 6.61 Å². The van der Waals surface area contributed by atoms with Crippen molar-refractivity contribution in [2.45, 2.75) is 51.5 Å². The molecule has 0 aromatic carbocycles. The molecule has 0 bridgehead atoms. The summed E-state index contributed by atoms with van der Waals surface area (Å²) in [6.07, 6.45) is 8.19. The summed E-state index contributed by atoms with van der Waals surface area (Å²) in [6.45, 7) is 3.55. The number of ether oxygens (including phenoxy) is 1. The Morgan fingerprint density at radius 2 is 2.00 bits per heavy atom. The molecule has 0 aromatic heterocycles. The number of rotatable bonds is 5. The van der Waals surface area contributed by atoms with E-state index in [2.05, 4.69) is 0 Å². The second kappa shape index (κ2) is 6.39. The normalized spacial score (nSPS) is 21.7. The van der Waals surface area contributed by atoms with Crippen molar-refractivity contribution in [2.75, 3.05) is 13.2 Å². The van der Waals surface area contributed by atoms with Crippen molar-refractivity contribution < 1.29 is 4.74 Å². The Morgan fingerprint density at radius 3 is 2.62 bits per heavy atom. The van der Waals surface area contributed by atoms with Crippen molar-refractivity contribution in [1.29, 1.82) is 0 Å². The molecule has 1 saturated carbocycles. The Morgan fingerprint density at radius 1 is 1.31 bits per heavy atom. The molecule has 13 heavy (non-hydrogen) atoms. The highest BCUT2D eigenvalue weighted by Gasteiger charge is 2.16. The molecule has 0 unspecified atom stereocenters. The highest BCUT2D eigenvalue weighted by atomic mass is 16.5. The average Bonchev–Trinajstić information content (AvgIpc) is 2.16. The second-order valence-electron chi connectivity index (χ2n) is 4.16. The molecule has 2 nitrogen and oxygen atoms in total. The van der Waals surface area contributed by atoms with E-state index < -0.39 is 0 Å². The maximum Gasteiger partial charge on any atom is 0.0617 e. The highest BCUT2D eigenvalue weighted by molar-refractivity contribution is 4.71. The third kappa shape index (κ3) is 4.63. The van der Waals surface area contributed by atoms with Crippen LogP contribution in [0.2, 0.25) is 0 Å². The molecule has 0 spiro atoms. The molecular weight excluding hydrogens is 162 g/mol. The van der Waals surface area contributed by atoms with Crippen molar-refractivity contribution in [3.05, 3.63) is 0 Å². The molecule has 1 atom stereocenters. The van der Waals surface area contributed by atoms with Gasteiger partial charge in [-0.3, -0.25) is 0 Å². The van der Waals surface area contributed by atoms with Gasteiger partial charge in [0.1, 0.15) is 0 Å². The van der Waals surface area contributed by atoms with Crippen LogP contribution in [-0.2, 0) is 4.74 Å². The predicted molar refractivity (Wildman–Crippen MR) is 55.7 cm³/mol. The third-order valence-electron chi connectivity index (χ3n) is 2.90. The van der Waals surface area contributed by atoms with Crippen LogP contribution in [0, 0.1) is 5.92 Å². The minimum Gasteiger partial charge on any atom is -0.380 e. The van der Waals surface area contributed by atoms with E-state index in [4.69, 9.17) is 10.5 Å². The van der Waals surface area contributed by atoms with Crippen LogP contribution in [0.3, 0.4) is 0 Å². The summed E-state index contributed by atoms with van der Waals surface area (Å²) in [5.41, 5.74) is 5.97. The van der Waals surface area contributed by atoms with Gasteiger partial charge >= 0.3 is 0 Å². The van der Waals surface area contributed by atoms with Crippen LogP contribution >= 0.6 is 0 Å². The monoisotopic (exact) mass is 185 g/mol. The zero-order valence-electron chi connectivity index (χ0n) is 8.80. The van der Waals surface area contributed by atoms with E-state index in [1.807, 2.05) is 6.92 Å². The van der Waals surface area contributed by atoms with Gasteiger partial charge in [0.25, 0.3) is 0 Å². The van der Waals surface area contributed by atoms with Crippen molar-refractivity contribution in [1.82, 2.24) is 0 Å². The topological polar surface area (TPSA) is 35.2 Å². The molecule has 0 heterocycles. The van der Waals surface area contributed by atoms with E-state index in [9.17, 15) is 0 Å². The van der Waals surface area contributed by atoms with Crippen LogP contribution in [0.25, 0.3) is 0 Å². The average molecular weight is 185 g/mol. The lowest BCUT2D eigenvalue weighted by atomic mass is 9.85. The first-order valence-corrected chi connectivity index (χ1v) is 5.66. The Labute approximate surface area is 81.8 Å². The van der Waals surface area contributed by atoms with Crippen LogP contribution < -0.4 is 5.73 Å². The molecule has 78 valence electrons. The van der Waals surface area contributed by atoms with Crippen LogP contribution in [0.15, 0.2) is 0 Å². The fourth-order valence-corrected chi connectivity index (χ4v) is 2.19. The zero-order chi connectivity index (χ0) is 9.52. The van der Waals surface area contributed by atoms with Gasteiger partial charge in [-0.05, 0) is 19.3 Å². The molecule has 0 radical (unpaired) electrons. The summed E-state index contributed by atoms with van der Waals surface area (Å²) in [6, 6.07) is 0.267. The summed E-state index contributed by atoms with van der Waals surface area (Å²) >= 11 is 0. The minimum atomic E-state index is 0.267. The third-order valence-corrected chi connectivity index (χ3v) is 2.90. The molecule has 1 fully saturated rings. The summed E-state index contributed by atoms with van der Waals surface area (Å²) in [7, 11) is 0. The largest absolute Gasteiger partial charge is 0.380 e. The van der Waals surface area contributed by atoms with E-state index in [1.54, 1.807) is 0 Å². The fourth-order valence-electron chi connectivity index (χ4n) is 2.19. The van der Waals surface area contributed by atoms with Gasteiger partial charge in [0.2, 0.25) is 0 Å². The van der Waals surface area contributed by atoms with E-state index in [0.717, 1.165) is 19.1 Å². The van der Waals surface area contributed by atoms with Crippen LogP contribution in [0.4, 0.5) is 0 Å². The fraction of sp³-hybridized carbons (Fsp3) is 1.00. The minimum absolute atomic E-state index is 0.267. The molecule has 2 heteroatoms. The van der Waals surface area contributed by atoms with Crippen LogP contribution in [0.1, 0.15) is 45.4 Å². The molecule has 0 amide bonds. The van der Waals surface area contributed by atoms with Gasteiger partial charge in [-0.1, -0.05) is 32.1 Å². The Hall–Kier alpha value is -0.0800. The first kappa shape index (κ1) is 11.0. The van der Waals surface area contributed by atoms with Gasteiger partial charge in [-0.25, -0.2) is 0 Å². The first-order chi connectivity index (χ1) is 6.33. The van der Waals surface area contributed by atoms with Crippen molar-refractivity contribution in [3.63, 3.8) is 0 Å². The van der Waals surface area contributed by atoms with E-state index in [0.29, 0.717) is 0 Å². The molecular formula is C11H23NO.